The number of benzene rings is 1. The predicted octanol–water partition coefficient (Wildman–Crippen LogP) is 2.66. The topological polar surface area (TPSA) is 39.7 Å². The molecule has 2 fully saturated rings. The number of carbonyl (C=O) groups excluding carboxylic acids is 1. The van der Waals surface area contributed by atoms with Gasteiger partial charge in [-0.1, -0.05) is 29.8 Å². The summed E-state index contributed by atoms with van der Waals surface area (Å²) in [6.07, 6.45) is 2.58. The van der Waals surface area contributed by atoms with E-state index in [1.165, 1.54) is 0 Å². The standard InChI is InChI=1S/C19H21ClN4O/c20-15-6-7-18(21-14-15)23-12-10-22(11-13-23)17-8-9-24(19(17)25)16-4-2-1-3-5-16/h1-7,14,17H,8-13H2. The third kappa shape index (κ3) is 3.34. The fourth-order valence-electron chi connectivity index (χ4n) is 3.69. The number of para-hydroxylation sites is 1. The predicted molar refractivity (Wildman–Crippen MR) is 100 cm³/mol. The van der Waals surface area contributed by atoms with Crippen LogP contribution >= 0.6 is 11.6 Å². The summed E-state index contributed by atoms with van der Waals surface area (Å²) in [7, 11) is 0. The Labute approximate surface area is 152 Å². The molecule has 2 aromatic rings. The fraction of sp³-hybridized carbons (Fsp3) is 0.368. The first-order valence-corrected chi connectivity index (χ1v) is 9.07. The highest BCUT2D eigenvalue weighted by atomic mass is 35.5. The van der Waals surface area contributed by atoms with Crippen molar-refractivity contribution in [2.45, 2.75) is 12.5 Å². The lowest BCUT2D eigenvalue weighted by molar-refractivity contribution is -0.121. The van der Waals surface area contributed by atoms with Crippen molar-refractivity contribution in [2.75, 3.05) is 42.5 Å². The number of anilines is 2. The lowest BCUT2D eigenvalue weighted by atomic mass is 10.2. The molecule has 5 nitrogen and oxygen atoms in total. The number of pyridine rings is 1. The first-order valence-electron chi connectivity index (χ1n) is 8.69. The van der Waals surface area contributed by atoms with Gasteiger partial charge >= 0.3 is 0 Å². The summed E-state index contributed by atoms with van der Waals surface area (Å²) in [4.78, 5) is 23.7. The SMILES string of the molecule is O=C1C(N2CCN(c3ccc(Cl)cn3)CC2)CCN1c1ccccc1. The van der Waals surface area contributed by atoms with Crippen molar-refractivity contribution in [2.24, 2.45) is 0 Å². The monoisotopic (exact) mass is 356 g/mol. The van der Waals surface area contributed by atoms with Gasteiger partial charge < -0.3 is 9.80 Å². The van der Waals surface area contributed by atoms with Gasteiger partial charge in [-0.15, -0.1) is 0 Å². The second-order valence-corrected chi connectivity index (χ2v) is 6.92. The van der Waals surface area contributed by atoms with Crippen molar-refractivity contribution < 1.29 is 4.79 Å². The van der Waals surface area contributed by atoms with Crippen LogP contribution in [0.15, 0.2) is 48.7 Å². The highest BCUT2D eigenvalue weighted by Gasteiger charge is 2.37. The number of piperazine rings is 1. The maximum Gasteiger partial charge on any atom is 0.244 e. The van der Waals surface area contributed by atoms with Gasteiger partial charge in [-0.25, -0.2) is 4.98 Å². The molecule has 0 bridgehead atoms. The number of amides is 1. The molecule has 2 aliphatic heterocycles. The molecule has 2 saturated heterocycles. The Balaban J connectivity index is 1.38. The van der Waals surface area contributed by atoms with Crippen LogP contribution in [-0.2, 0) is 4.79 Å². The summed E-state index contributed by atoms with van der Waals surface area (Å²) in [6.45, 7) is 4.31. The molecule has 130 valence electrons. The highest BCUT2D eigenvalue weighted by Crippen LogP contribution is 2.25. The Morgan fingerprint density at radius 3 is 2.40 bits per heavy atom. The normalized spacial score (nSPS) is 21.8. The van der Waals surface area contributed by atoms with E-state index in [1.54, 1.807) is 6.20 Å². The van der Waals surface area contributed by atoms with Crippen molar-refractivity contribution in [1.82, 2.24) is 9.88 Å². The van der Waals surface area contributed by atoms with Crippen molar-refractivity contribution in [1.29, 1.82) is 0 Å². The second kappa shape index (κ2) is 7.02. The van der Waals surface area contributed by atoms with Crippen molar-refractivity contribution in [3.63, 3.8) is 0 Å². The van der Waals surface area contributed by atoms with E-state index in [0.29, 0.717) is 5.02 Å². The molecule has 0 radical (unpaired) electrons. The van der Waals surface area contributed by atoms with E-state index in [-0.39, 0.29) is 11.9 Å². The molecule has 4 rings (SSSR count). The molecule has 3 heterocycles. The largest absolute Gasteiger partial charge is 0.354 e. The first kappa shape index (κ1) is 16.4. The summed E-state index contributed by atoms with van der Waals surface area (Å²) in [5.41, 5.74) is 0.999. The van der Waals surface area contributed by atoms with Crippen LogP contribution in [0.4, 0.5) is 11.5 Å². The number of rotatable bonds is 3. The van der Waals surface area contributed by atoms with Gasteiger partial charge in [0, 0.05) is 44.6 Å². The Bertz CT molecular complexity index is 729. The van der Waals surface area contributed by atoms with Crippen LogP contribution in [0.3, 0.4) is 0 Å². The van der Waals surface area contributed by atoms with Crippen LogP contribution < -0.4 is 9.80 Å². The van der Waals surface area contributed by atoms with Crippen molar-refractivity contribution >= 4 is 29.0 Å². The fourth-order valence-corrected chi connectivity index (χ4v) is 3.80. The molecule has 0 spiro atoms. The summed E-state index contributed by atoms with van der Waals surface area (Å²) in [5.74, 6) is 1.18. The number of hydrogen-bond donors (Lipinski definition) is 0. The Kier molecular flexibility index (Phi) is 4.59. The van der Waals surface area contributed by atoms with Crippen LogP contribution in [0.5, 0.6) is 0 Å². The van der Waals surface area contributed by atoms with E-state index in [9.17, 15) is 4.79 Å². The molecular weight excluding hydrogens is 336 g/mol. The number of carbonyl (C=O) groups is 1. The summed E-state index contributed by atoms with van der Waals surface area (Å²) in [5, 5.41) is 0.653. The zero-order valence-electron chi connectivity index (χ0n) is 14.0. The van der Waals surface area contributed by atoms with E-state index in [0.717, 1.165) is 50.6 Å². The van der Waals surface area contributed by atoms with Gasteiger partial charge in [0.15, 0.2) is 0 Å². The van der Waals surface area contributed by atoms with E-state index in [2.05, 4.69) is 14.8 Å². The highest BCUT2D eigenvalue weighted by molar-refractivity contribution is 6.30. The average molecular weight is 357 g/mol. The zero-order chi connectivity index (χ0) is 17.2. The Morgan fingerprint density at radius 2 is 1.72 bits per heavy atom. The number of aromatic nitrogens is 1. The molecule has 1 atom stereocenters. The Morgan fingerprint density at radius 1 is 0.960 bits per heavy atom. The maximum absolute atomic E-state index is 12.8. The van der Waals surface area contributed by atoms with Crippen LogP contribution in [0.25, 0.3) is 0 Å². The third-order valence-corrected chi connectivity index (χ3v) is 5.26. The quantitative estimate of drug-likeness (QED) is 0.847. The van der Waals surface area contributed by atoms with E-state index < -0.39 is 0 Å². The molecule has 1 aromatic carbocycles. The lowest BCUT2D eigenvalue weighted by Crippen LogP contribution is -2.52. The minimum Gasteiger partial charge on any atom is -0.354 e. The summed E-state index contributed by atoms with van der Waals surface area (Å²) < 4.78 is 0. The van der Waals surface area contributed by atoms with Crippen LogP contribution in [-0.4, -0.2) is 54.6 Å². The van der Waals surface area contributed by atoms with Gasteiger partial charge in [0.2, 0.25) is 5.91 Å². The van der Waals surface area contributed by atoms with Crippen LogP contribution in [0, 0.1) is 0 Å². The molecule has 1 unspecified atom stereocenters. The van der Waals surface area contributed by atoms with Crippen molar-refractivity contribution in [3.05, 3.63) is 53.7 Å². The average Bonchev–Trinajstić information content (AvgIpc) is 3.05. The Hall–Kier alpha value is -2.11. The molecule has 2 aliphatic rings. The molecule has 6 heteroatoms. The summed E-state index contributed by atoms with van der Waals surface area (Å²) >= 11 is 5.91. The second-order valence-electron chi connectivity index (χ2n) is 6.49. The third-order valence-electron chi connectivity index (χ3n) is 5.04. The molecule has 0 N–H and O–H groups in total. The minimum atomic E-state index is 0.000494. The molecular formula is C19H21ClN4O. The van der Waals surface area contributed by atoms with Gasteiger partial charge in [-0.3, -0.25) is 9.69 Å². The van der Waals surface area contributed by atoms with Crippen LogP contribution in [0.1, 0.15) is 6.42 Å². The van der Waals surface area contributed by atoms with Gasteiger partial charge in [0.1, 0.15) is 5.82 Å². The van der Waals surface area contributed by atoms with Gasteiger partial charge in [0.05, 0.1) is 11.1 Å². The number of nitrogens with zero attached hydrogens (tertiary/aromatic N) is 4. The molecule has 0 saturated carbocycles. The molecule has 0 aliphatic carbocycles. The maximum atomic E-state index is 12.8. The molecule has 1 aromatic heterocycles. The lowest BCUT2D eigenvalue weighted by Gasteiger charge is -2.37. The van der Waals surface area contributed by atoms with E-state index in [4.69, 9.17) is 11.6 Å². The van der Waals surface area contributed by atoms with Gasteiger partial charge in [0.25, 0.3) is 0 Å². The molecule has 1 amide bonds. The smallest absolute Gasteiger partial charge is 0.244 e. The molecule has 25 heavy (non-hydrogen) atoms. The zero-order valence-corrected chi connectivity index (χ0v) is 14.8. The summed E-state index contributed by atoms with van der Waals surface area (Å²) in [6, 6.07) is 13.8. The van der Waals surface area contributed by atoms with Crippen LogP contribution in [0.2, 0.25) is 5.02 Å². The van der Waals surface area contributed by atoms with Gasteiger partial charge in [-0.2, -0.15) is 0 Å². The first-order chi connectivity index (χ1) is 12.2. The van der Waals surface area contributed by atoms with Gasteiger partial charge in [-0.05, 0) is 30.7 Å². The van der Waals surface area contributed by atoms with E-state index >= 15 is 0 Å². The number of hydrogen-bond acceptors (Lipinski definition) is 4. The number of halogens is 1. The van der Waals surface area contributed by atoms with E-state index in [1.807, 2.05) is 47.4 Å². The van der Waals surface area contributed by atoms with Crippen molar-refractivity contribution in [3.8, 4) is 0 Å². The minimum absolute atomic E-state index is 0.000494.